The minimum Gasteiger partial charge on any atom is -0.444 e. The molecule has 8 heteroatoms. The fraction of sp³-hybridized carbons (Fsp3) is 0.265. The van der Waals surface area contributed by atoms with Crippen LogP contribution < -0.4 is 0 Å². The van der Waals surface area contributed by atoms with E-state index < -0.39 is 0 Å². The molecule has 0 saturated heterocycles. The Bertz CT molecular complexity index is 1560. The van der Waals surface area contributed by atoms with E-state index in [-0.39, 0.29) is 0 Å². The summed E-state index contributed by atoms with van der Waals surface area (Å²) in [7, 11) is 0. The Morgan fingerprint density at radius 1 is 0.857 bits per heavy atom. The number of ether oxygens (including phenoxy) is 1. The highest BCUT2D eigenvalue weighted by Gasteiger charge is 2.38. The van der Waals surface area contributed by atoms with Gasteiger partial charge in [0.25, 0.3) is 0 Å². The van der Waals surface area contributed by atoms with Crippen LogP contribution in [0, 0.1) is 19.8 Å². The minimum atomic E-state index is 0.349. The van der Waals surface area contributed by atoms with Crippen molar-refractivity contribution in [3.8, 4) is 22.9 Å². The van der Waals surface area contributed by atoms with Gasteiger partial charge in [0.2, 0.25) is 11.8 Å². The van der Waals surface area contributed by atoms with Crippen LogP contribution in [0.15, 0.2) is 99.3 Å². The molecule has 0 amide bonds. The summed E-state index contributed by atoms with van der Waals surface area (Å²) in [6.07, 6.45) is 5.34. The third-order valence-electron chi connectivity index (χ3n) is 7.30. The Hall–Kier alpha value is -4.20. The SMILES string of the molecule is C/C(CC1CC1c1ccc(Cl)cc1)=N\O.Cc1ccccc1-c1nc(COCc2coc(-c3ccccc3C)n2)co1. The number of hydrogen-bond acceptors (Lipinski definition) is 7. The van der Waals surface area contributed by atoms with E-state index >= 15 is 0 Å². The zero-order valence-corrected chi connectivity index (χ0v) is 24.7. The number of benzene rings is 3. The predicted molar refractivity (Wildman–Crippen MR) is 164 cm³/mol. The summed E-state index contributed by atoms with van der Waals surface area (Å²) in [6.45, 7) is 6.62. The number of nitrogens with zero attached hydrogens (tertiary/aromatic N) is 3. The van der Waals surface area contributed by atoms with E-state index in [1.54, 1.807) is 12.5 Å². The van der Waals surface area contributed by atoms with Crippen molar-refractivity contribution in [2.24, 2.45) is 11.1 Å². The number of halogens is 1. The summed E-state index contributed by atoms with van der Waals surface area (Å²) >= 11 is 5.83. The summed E-state index contributed by atoms with van der Waals surface area (Å²) in [6, 6.07) is 24.0. The van der Waals surface area contributed by atoms with Crippen molar-refractivity contribution in [1.82, 2.24) is 9.97 Å². The Labute approximate surface area is 250 Å². The lowest BCUT2D eigenvalue weighted by atomic mass is 10.1. The van der Waals surface area contributed by atoms with E-state index in [4.69, 9.17) is 30.4 Å². The Morgan fingerprint density at radius 3 is 1.88 bits per heavy atom. The number of oxazole rings is 2. The minimum absolute atomic E-state index is 0.349. The molecule has 0 aliphatic heterocycles. The molecule has 2 unspecified atom stereocenters. The first-order valence-corrected chi connectivity index (χ1v) is 14.3. The first-order valence-electron chi connectivity index (χ1n) is 13.9. The number of hydrogen-bond donors (Lipinski definition) is 1. The molecule has 3 aromatic carbocycles. The lowest BCUT2D eigenvalue weighted by molar-refractivity contribution is 0.102. The second-order valence-electron chi connectivity index (χ2n) is 10.6. The first kappa shape index (κ1) is 29.3. The van der Waals surface area contributed by atoms with Crippen molar-refractivity contribution in [3.05, 3.63) is 118 Å². The average molecular weight is 584 g/mol. The van der Waals surface area contributed by atoms with Gasteiger partial charge in [-0.2, -0.15) is 0 Å². The summed E-state index contributed by atoms with van der Waals surface area (Å²) < 4.78 is 16.9. The zero-order valence-electron chi connectivity index (χ0n) is 24.0. The fourth-order valence-electron chi connectivity index (χ4n) is 4.89. The van der Waals surface area contributed by atoms with E-state index in [0.717, 1.165) is 50.8 Å². The summed E-state index contributed by atoms with van der Waals surface area (Å²) in [5, 5.41) is 12.6. The van der Waals surface area contributed by atoms with E-state index in [1.807, 2.05) is 81.4 Å². The van der Waals surface area contributed by atoms with E-state index in [9.17, 15) is 0 Å². The molecule has 6 rings (SSSR count). The molecule has 1 aliphatic carbocycles. The van der Waals surface area contributed by atoms with Crippen LogP contribution in [0.25, 0.3) is 22.9 Å². The number of oxime groups is 1. The zero-order chi connectivity index (χ0) is 29.5. The van der Waals surface area contributed by atoms with Crippen LogP contribution in [-0.4, -0.2) is 20.9 Å². The molecular weight excluding hydrogens is 550 g/mol. The van der Waals surface area contributed by atoms with Gasteiger partial charge in [0.05, 0.1) is 18.9 Å². The third-order valence-corrected chi connectivity index (χ3v) is 7.56. The molecule has 42 heavy (non-hydrogen) atoms. The molecule has 216 valence electrons. The van der Waals surface area contributed by atoms with Crippen molar-refractivity contribution >= 4 is 17.3 Å². The van der Waals surface area contributed by atoms with Crippen LogP contribution in [0.5, 0.6) is 0 Å². The Morgan fingerprint density at radius 2 is 1.38 bits per heavy atom. The maximum atomic E-state index is 8.58. The second kappa shape index (κ2) is 13.6. The van der Waals surface area contributed by atoms with Gasteiger partial charge in [-0.05, 0) is 86.4 Å². The van der Waals surface area contributed by atoms with Gasteiger partial charge in [-0.25, -0.2) is 9.97 Å². The van der Waals surface area contributed by atoms with Crippen LogP contribution in [0.3, 0.4) is 0 Å². The van der Waals surface area contributed by atoms with Gasteiger partial charge in [0.1, 0.15) is 23.9 Å². The van der Waals surface area contributed by atoms with E-state index in [2.05, 4.69) is 27.3 Å². The Balaban J connectivity index is 0.000000199. The predicted octanol–water partition coefficient (Wildman–Crippen LogP) is 9.01. The van der Waals surface area contributed by atoms with Crippen LogP contribution in [0.2, 0.25) is 5.02 Å². The normalized spacial score (nSPS) is 16.1. The van der Waals surface area contributed by atoms with Crippen LogP contribution in [0.4, 0.5) is 0 Å². The Kier molecular flexibility index (Phi) is 9.52. The molecule has 1 aliphatic rings. The molecule has 2 heterocycles. The van der Waals surface area contributed by atoms with E-state index in [1.165, 1.54) is 12.0 Å². The van der Waals surface area contributed by atoms with Gasteiger partial charge >= 0.3 is 0 Å². The summed E-state index contributed by atoms with van der Waals surface area (Å²) in [5.41, 5.74) is 7.88. The molecule has 0 bridgehead atoms. The van der Waals surface area contributed by atoms with Crippen molar-refractivity contribution in [2.45, 2.75) is 52.7 Å². The topological polar surface area (TPSA) is 93.9 Å². The third kappa shape index (κ3) is 7.55. The number of aromatic nitrogens is 2. The first-order chi connectivity index (χ1) is 20.4. The van der Waals surface area contributed by atoms with Crippen molar-refractivity contribution in [3.63, 3.8) is 0 Å². The standard InChI is InChI=1S/C22H20N2O3.C12H14ClNO/c1-15-7-3-5-9-19(15)21-23-17(13-26-21)11-25-12-18-14-27-22(24-18)20-10-6-4-8-16(20)2;1-8(14-15)6-10-7-12(10)9-2-4-11(13)5-3-9/h3-10,13-14H,11-12H2,1-2H3;2-5,10,12,15H,6-7H2,1H3/b;14-8+. The van der Waals surface area contributed by atoms with Crippen LogP contribution in [-0.2, 0) is 18.0 Å². The van der Waals surface area contributed by atoms with Gasteiger partial charge < -0.3 is 18.8 Å². The van der Waals surface area contributed by atoms with Crippen molar-refractivity contribution in [1.29, 1.82) is 0 Å². The van der Waals surface area contributed by atoms with Gasteiger partial charge in [0, 0.05) is 16.1 Å². The maximum absolute atomic E-state index is 8.58. The molecule has 1 N–H and O–H groups in total. The van der Waals surface area contributed by atoms with Gasteiger partial charge in [0.15, 0.2) is 0 Å². The quantitative estimate of drug-likeness (QED) is 0.106. The highest BCUT2D eigenvalue weighted by atomic mass is 35.5. The van der Waals surface area contributed by atoms with Gasteiger partial charge in [-0.1, -0.05) is 65.3 Å². The lowest BCUT2D eigenvalue weighted by Crippen LogP contribution is -1.95. The summed E-state index contributed by atoms with van der Waals surface area (Å²) in [5.74, 6) is 2.48. The van der Waals surface area contributed by atoms with Gasteiger partial charge in [-0.15, -0.1) is 0 Å². The van der Waals surface area contributed by atoms with E-state index in [0.29, 0.717) is 36.8 Å². The molecule has 1 saturated carbocycles. The molecule has 7 nitrogen and oxygen atoms in total. The smallest absolute Gasteiger partial charge is 0.226 e. The molecule has 1 fully saturated rings. The lowest BCUT2D eigenvalue weighted by Gasteiger charge is -2.00. The van der Waals surface area contributed by atoms with Crippen LogP contribution in [0.1, 0.15) is 53.8 Å². The summed E-state index contributed by atoms with van der Waals surface area (Å²) in [4.78, 5) is 9.00. The molecule has 2 aromatic heterocycles. The van der Waals surface area contributed by atoms with Crippen molar-refractivity contribution in [2.75, 3.05) is 0 Å². The molecule has 0 spiro atoms. The van der Waals surface area contributed by atoms with Crippen LogP contribution >= 0.6 is 11.6 Å². The highest BCUT2D eigenvalue weighted by molar-refractivity contribution is 6.30. The highest BCUT2D eigenvalue weighted by Crippen LogP contribution is 2.49. The molecule has 5 aromatic rings. The van der Waals surface area contributed by atoms with Crippen molar-refractivity contribution < 1.29 is 18.8 Å². The molecule has 0 radical (unpaired) electrons. The monoisotopic (exact) mass is 583 g/mol. The number of aryl methyl sites for hydroxylation is 2. The fourth-order valence-corrected chi connectivity index (χ4v) is 5.02. The molecular formula is C34H34ClN3O4. The largest absolute Gasteiger partial charge is 0.444 e. The second-order valence-corrected chi connectivity index (χ2v) is 11.0. The maximum Gasteiger partial charge on any atom is 0.226 e. The van der Waals surface area contributed by atoms with Gasteiger partial charge in [-0.3, -0.25) is 0 Å². The number of rotatable bonds is 9. The molecule has 2 atom stereocenters. The average Bonchev–Trinajstić information content (AvgIpc) is 3.36.